The van der Waals surface area contributed by atoms with E-state index in [1.807, 2.05) is 36.4 Å². The maximum Gasteiger partial charge on any atom is 0.315 e. The third-order valence-electron chi connectivity index (χ3n) is 7.64. The maximum absolute atomic E-state index is 12.8. The Morgan fingerprint density at radius 2 is 1.66 bits per heavy atom. The van der Waals surface area contributed by atoms with Gasteiger partial charge in [-0.3, -0.25) is 14.6 Å². The normalized spacial score (nSPS) is 20.1. The van der Waals surface area contributed by atoms with E-state index >= 15 is 0 Å². The van der Waals surface area contributed by atoms with Gasteiger partial charge in [-0.25, -0.2) is 0 Å². The van der Waals surface area contributed by atoms with Gasteiger partial charge in [0.05, 0.1) is 17.6 Å². The first-order valence-corrected chi connectivity index (χ1v) is 13.1. The van der Waals surface area contributed by atoms with Crippen LogP contribution in [0.15, 0.2) is 66.9 Å². The Morgan fingerprint density at radius 3 is 2.29 bits per heavy atom. The number of benzene rings is 2. The van der Waals surface area contributed by atoms with Crippen LogP contribution in [0.5, 0.6) is 0 Å². The second-order valence-corrected chi connectivity index (χ2v) is 10.5. The number of nitrogens with one attached hydrogen (secondary N) is 2. The van der Waals surface area contributed by atoms with Crippen molar-refractivity contribution in [3.05, 3.63) is 72.4 Å². The molecule has 2 fully saturated rings. The van der Waals surface area contributed by atoms with E-state index in [2.05, 4.69) is 34.9 Å². The predicted octanol–water partition coefficient (Wildman–Crippen LogP) is 5.63. The van der Waals surface area contributed by atoms with Gasteiger partial charge in [0.25, 0.3) is 5.91 Å². The van der Waals surface area contributed by atoms with Crippen LogP contribution >= 0.6 is 0 Å². The minimum absolute atomic E-state index is 0.111. The minimum Gasteiger partial charge on any atom is -0.348 e. The zero-order valence-corrected chi connectivity index (χ0v) is 21.1. The summed E-state index contributed by atoms with van der Waals surface area (Å²) < 4.78 is 25.0. The van der Waals surface area contributed by atoms with Crippen molar-refractivity contribution in [2.45, 2.75) is 63.0 Å². The summed E-state index contributed by atoms with van der Waals surface area (Å²) in [6, 6.07) is 19.9. The van der Waals surface area contributed by atoms with Crippen molar-refractivity contribution >= 4 is 17.5 Å². The van der Waals surface area contributed by atoms with Gasteiger partial charge in [-0.1, -0.05) is 54.6 Å². The summed E-state index contributed by atoms with van der Waals surface area (Å²) in [4.78, 5) is 28.8. The zero-order valence-electron chi connectivity index (χ0n) is 21.1. The van der Waals surface area contributed by atoms with Gasteiger partial charge in [-0.2, -0.15) is 8.78 Å². The summed E-state index contributed by atoms with van der Waals surface area (Å²) >= 11 is 0. The van der Waals surface area contributed by atoms with Crippen LogP contribution < -0.4 is 16.4 Å². The molecular weight excluding hydrogens is 486 g/mol. The van der Waals surface area contributed by atoms with Crippen molar-refractivity contribution in [3.8, 4) is 22.4 Å². The molecule has 5 rings (SSSR count). The molecule has 0 saturated heterocycles. The smallest absolute Gasteiger partial charge is 0.315 e. The number of hydrogen-bond acceptors (Lipinski definition) is 4. The number of carbonyl (C=O) groups is 2. The van der Waals surface area contributed by atoms with Crippen LogP contribution in [0.25, 0.3) is 22.4 Å². The van der Waals surface area contributed by atoms with Crippen LogP contribution in [0.2, 0.25) is 0 Å². The molecule has 3 aromatic rings. The lowest BCUT2D eigenvalue weighted by molar-refractivity contribution is -0.132. The van der Waals surface area contributed by atoms with Crippen LogP contribution in [0.3, 0.4) is 0 Å². The zero-order chi connectivity index (χ0) is 26.7. The molecule has 2 saturated carbocycles. The second kappa shape index (κ2) is 11.0. The third-order valence-corrected chi connectivity index (χ3v) is 7.64. The molecule has 0 bridgehead atoms. The number of aromatic nitrogens is 1. The van der Waals surface area contributed by atoms with Crippen LogP contribution in [0, 0.1) is 5.92 Å². The first-order chi connectivity index (χ1) is 18.3. The number of nitrogens with two attached hydrogens (primary N) is 1. The van der Waals surface area contributed by atoms with Gasteiger partial charge in [0.15, 0.2) is 0 Å². The Morgan fingerprint density at radius 1 is 0.974 bits per heavy atom. The third kappa shape index (κ3) is 6.07. The molecule has 8 heteroatoms. The first-order valence-electron chi connectivity index (χ1n) is 13.1. The standard InChI is InChI=1S/C30H32F2N4O2/c31-28(32)29(38)36-23-12-6-19(7-13-23)16-26(37)35-24-17-25(20-4-2-1-3-5-20)27(34-18-24)21-8-10-22(11-9-21)30(33)14-15-30/h1-5,8-11,17-19,23,28H,6-7,12-16,33H2,(H,35,37)(H,36,38). The molecule has 6 nitrogen and oxygen atoms in total. The molecule has 2 aromatic carbocycles. The largest absolute Gasteiger partial charge is 0.348 e. The van der Waals surface area contributed by atoms with Crippen molar-refractivity contribution in [2.24, 2.45) is 11.7 Å². The molecule has 38 heavy (non-hydrogen) atoms. The van der Waals surface area contributed by atoms with E-state index in [4.69, 9.17) is 10.7 Å². The number of alkyl halides is 2. The molecule has 4 N–H and O–H groups in total. The van der Waals surface area contributed by atoms with Gasteiger partial charge in [0, 0.05) is 29.1 Å². The summed E-state index contributed by atoms with van der Waals surface area (Å²) in [5, 5.41) is 5.37. The van der Waals surface area contributed by atoms with E-state index in [-0.39, 0.29) is 23.4 Å². The average Bonchev–Trinajstić information content (AvgIpc) is 3.68. The molecule has 2 aliphatic carbocycles. The van der Waals surface area contributed by atoms with Crippen molar-refractivity contribution in [1.29, 1.82) is 0 Å². The van der Waals surface area contributed by atoms with Gasteiger partial charge >= 0.3 is 6.43 Å². The lowest BCUT2D eigenvalue weighted by Crippen LogP contribution is -2.40. The molecular formula is C30H32F2N4O2. The molecule has 0 aliphatic heterocycles. The summed E-state index contributed by atoms with van der Waals surface area (Å²) in [6.45, 7) is 0. The molecule has 0 spiro atoms. The SMILES string of the molecule is NC1(c2ccc(-c3ncc(NC(=O)CC4CCC(NC(=O)C(F)F)CC4)cc3-c3ccccc3)cc2)CC1. The number of anilines is 1. The second-order valence-electron chi connectivity index (χ2n) is 10.5. The number of rotatable bonds is 8. The number of pyridine rings is 1. The molecule has 0 radical (unpaired) electrons. The molecule has 0 unspecified atom stereocenters. The van der Waals surface area contributed by atoms with Gasteiger partial charge in [0.2, 0.25) is 5.91 Å². The minimum atomic E-state index is -3.00. The highest BCUT2D eigenvalue weighted by atomic mass is 19.3. The lowest BCUT2D eigenvalue weighted by Gasteiger charge is -2.28. The quantitative estimate of drug-likeness (QED) is 0.360. The van der Waals surface area contributed by atoms with Crippen molar-refractivity contribution in [1.82, 2.24) is 10.3 Å². The fraction of sp³-hybridized carbons (Fsp3) is 0.367. The molecule has 0 atom stereocenters. The molecule has 1 aromatic heterocycles. The summed E-state index contributed by atoms with van der Waals surface area (Å²) in [7, 11) is 0. The summed E-state index contributed by atoms with van der Waals surface area (Å²) in [6.07, 6.45) is 3.61. The number of halogens is 2. The number of amides is 2. The van der Waals surface area contributed by atoms with E-state index in [9.17, 15) is 18.4 Å². The fourth-order valence-electron chi connectivity index (χ4n) is 5.23. The molecule has 2 aliphatic rings. The molecule has 1 heterocycles. The van der Waals surface area contributed by atoms with Gasteiger partial charge in [-0.15, -0.1) is 0 Å². The first kappa shape index (κ1) is 26.0. The summed E-state index contributed by atoms with van der Waals surface area (Å²) in [5.74, 6) is -1.19. The number of nitrogens with zero attached hydrogens (tertiary/aromatic N) is 1. The highest BCUT2D eigenvalue weighted by Gasteiger charge is 2.39. The Bertz CT molecular complexity index is 1290. The van der Waals surface area contributed by atoms with Crippen LogP contribution in [0.4, 0.5) is 14.5 Å². The Hall–Kier alpha value is -3.65. The molecule has 2 amide bonds. The van der Waals surface area contributed by atoms with Gasteiger partial charge in [-0.05, 0) is 61.6 Å². The highest BCUT2D eigenvalue weighted by Crippen LogP contribution is 2.43. The van der Waals surface area contributed by atoms with Gasteiger partial charge in [0.1, 0.15) is 0 Å². The van der Waals surface area contributed by atoms with E-state index < -0.39 is 12.3 Å². The highest BCUT2D eigenvalue weighted by molar-refractivity contribution is 5.93. The Balaban J connectivity index is 1.26. The van der Waals surface area contributed by atoms with Crippen molar-refractivity contribution in [2.75, 3.05) is 5.32 Å². The monoisotopic (exact) mass is 518 g/mol. The molecule has 198 valence electrons. The van der Waals surface area contributed by atoms with E-state index in [0.717, 1.165) is 40.8 Å². The summed E-state index contributed by atoms with van der Waals surface area (Å²) in [5.41, 5.74) is 11.6. The lowest BCUT2D eigenvalue weighted by atomic mass is 9.84. The topological polar surface area (TPSA) is 97.1 Å². The average molecular weight is 519 g/mol. The maximum atomic E-state index is 12.8. The van der Waals surface area contributed by atoms with Crippen LogP contribution in [0.1, 0.15) is 50.5 Å². The fourth-order valence-corrected chi connectivity index (χ4v) is 5.23. The van der Waals surface area contributed by atoms with E-state index in [1.54, 1.807) is 6.20 Å². The number of hydrogen-bond donors (Lipinski definition) is 3. The predicted molar refractivity (Wildman–Crippen MR) is 143 cm³/mol. The Labute approximate surface area is 221 Å². The number of carbonyl (C=O) groups excluding carboxylic acids is 2. The van der Waals surface area contributed by atoms with Crippen molar-refractivity contribution in [3.63, 3.8) is 0 Å². The van der Waals surface area contributed by atoms with Crippen molar-refractivity contribution < 1.29 is 18.4 Å². The van der Waals surface area contributed by atoms with Gasteiger partial charge < -0.3 is 16.4 Å². The van der Waals surface area contributed by atoms with Crippen LogP contribution in [-0.4, -0.2) is 29.3 Å². The van der Waals surface area contributed by atoms with E-state index in [0.29, 0.717) is 37.8 Å². The Kier molecular flexibility index (Phi) is 7.51. The van der Waals surface area contributed by atoms with E-state index in [1.165, 1.54) is 0 Å². The van der Waals surface area contributed by atoms with Crippen LogP contribution in [-0.2, 0) is 15.1 Å².